The second-order valence-corrected chi connectivity index (χ2v) is 6.17. The van der Waals surface area contributed by atoms with E-state index in [0.717, 1.165) is 36.9 Å². The van der Waals surface area contributed by atoms with Crippen molar-refractivity contribution in [2.45, 2.75) is 26.6 Å². The molecule has 0 spiro atoms. The van der Waals surface area contributed by atoms with Crippen LogP contribution in [-0.2, 0) is 19.6 Å². The fourth-order valence-electron chi connectivity index (χ4n) is 2.46. The molecule has 7 heteroatoms. The van der Waals surface area contributed by atoms with E-state index >= 15 is 0 Å². The molecule has 1 aliphatic rings. The van der Waals surface area contributed by atoms with Gasteiger partial charge < -0.3 is 4.57 Å². The lowest BCUT2D eigenvalue weighted by molar-refractivity contribution is 0.0957. The Morgan fingerprint density at radius 3 is 3.20 bits per heavy atom. The molecule has 0 aromatic carbocycles. The smallest absolute Gasteiger partial charge is 0.275 e. The quantitative estimate of drug-likeness (QED) is 0.500. The van der Waals surface area contributed by atoms with Gasteiger partial charge in [0.1, 0.15) is 5.82 Å². The number of amides is 1. The predicted octanol–water partition coefficient (Wildman–Crippen LogP) is 0.872. The molecule has 1 aliphatic heterocycles. The lowest BCUT2D eigenvalue weighted by atomic mass is 10.2. The van der Waals surface area contributed by atoms with Gasteiger partial charge in [0.25, 0.3) is 5.91 Å². The topological polar surface area (TPSA) is 76.2 Å². The molecule has 0 aliphatic carbocycles. The highest BCUT2D eigenvalue weighted by Gasteiger charge is 2.19. The molecule has 20 heavy (non-hydrogen) atoms. The van der Waals surface area contributed by atoms with E-state index in [9.17, 15) is 4.79 Å². The van der Waals surface area contributed by atoms with Gasteiger partial charge in [0.05, 0.1) is 11.4 Å². The van der Waals surface area contributed by atoms with Crippen molar-refractivity contribution in [3.8, 4) is 0 Å². The minimum absolute atomic E-state index is 0.224. The highest BCUT2D eigenvalue weighted by atomic mass is 32.1. The molecule has 0 unspecified atom stereocenters. The summed E-state index contributed by atoms with van der Waals surface area (Å²) in [5, 5.41) is 0. The Morgan fingerprint density at radius 1 is 1.55 bits per heavy atom. The van der Waals surface area contributed by atoms with Crippen molar-refractivity contribution >= 4 is 17.2 Å². The van der Waals surface area contributed by atoms with Crippen LogP contribution in [0, 0.1) is 6.92 Å². The minimum Gasteiger partial charge on any atom is -0.333 e. The van der Waals surface area contributed by atoms with Gasteiger partial charge in [0.2, 0.25) is 0 Å². The van der Waals surface area contributed by atoms with Crippen LogP contribution in [0.4, 0.5) is 0 Å². The number of fused-ring (bicyclic) bond motifs is 1. The number of imidazole rings is 1. The molecule has 1 amide bonds. The van der Waals surface area contributed by atoms with Gasteiger partial charge in [-0.15, -0.1) is 11.3 Å². The number of nitrogen functional groups attached to an aromatic ring is 1. The molecule has 6 nitrogen and oxygen atoms in total. The maximum atomic E-state index is 11.5. The Hall–Kier alpha value is -1.70. The number of carbonyl (C=O) groups excluding carboxylic acids is 1. The highest BCUT2D eigenvalue weighted by Crippen LogP contribution is 2.24. The van der Waals surface area contributed by atoms with Crippen molar-refractivity contribution in [1.82, 2.24) is 19.9 Å². The number of aryl methyl sites for hydroxylation is 1. The van der Waals surface area contributed by atoms with Gasteiger partial charge >= 0.3 is 0 Å². The average molecular weight is 291 g/mol. The van der Waals surface area contributed by atoms with E-state index in [2.05, 4.69) is 19.9 Å². The van der Waals surface area contributed by atoms with E-state index in [4.69, 9.17) is 5.84 Å². The molecular weight excluding hydrogens is 274 g/mol. The number of nitrogens with one attached hydrogen (secondary N) is 1. The van der Waals surface area contributed by atoms with Crippen molar-refractivity contribution in [3.05, 3.63) is 39.6 Å². The Morgan fingerprint density at radius 2 is 2.40 bits per heavy atom. The van der Waals surface area contributed by atoms with E-state index in [1.807, 2.05) is 25.4 Å². The van der Waals surface area contributed by atoms with Crippen LogP contribution in [0.25, 0.3) is 0 Å². The van der Waals surface area contributed by atoms with Crippen LogP contribution in [0.15, 0.2) is 18.5 Å². The molecule has 0 saturated heterocycles. The van der Waals surface area contributed by atoms with Crippen molar-refractivity contribution in [3.63, 3.8) is 0 Å². The molecule has 0 atom stereocenters. The summed E-state index contributed by atoms with van der Waals surface area (Å²) >= 11 is 1.48. The summed E-state index contributed by atoms with van der Waals surface area (Å²) in [5.74, 6) is 6.05. The number of nitrogens with zero attached hydrogens (tertiary/aromatic N) is 3. The first-order chi connectivity index (χ1) is 9.67. The number of hydrogen-bond acceptors (Lipinski definition) is 5. The number of thiophene rings is 1. The zero-order valence-corrected chi connectivity index (χ0v) is 12.1. The molecule has 2 aromatic rings. The Kier molecular flexibility index (Phi) is 3.56. The number of nitrogens with two attached hydrogens (primary N) is 1. The fourth-order valence-corrected chi connectivity index (χ4v) is 3.40. The van der Waals surface area contributed by atoms with E-state index in [0.29, 0.717) is 4.88 Å². The van der Waals surface area contributed by atoms with Crippen molar-refractivity contribution < 1.29 is 4.79 Å². The number of aromatic nitrogens is 2. The monoisotopic (exact) mass is 291 g/mol. The van der Waals surface area contributed by atoms with Gasteiger partial charge in [-0.2, -0.15) is 0 Å². The van der Waals surface area contributed by atoms with Crippen molar-refractivity contribution in [1.29, 1.82) is 0 Å². The third-order valence-electron chi connectivity index (χ3n) is 3.59. The zero-order valence-electron chi connectivity index (χ0n) is 11.3. The summed E-state index contributed by atoms with van der Waals surface area (Å²) in [6.45, 7) is 5.69. The summed E-state index contributed by atoms with van der Waals surface area (Å²) < 4.78 is 2.18. The van der Waals surface area contributed by atoms with E-state index in [1.54, 1.807) is 0 Å². The lowest BCUT2D eigenvalue weighted by Crippen LogP contribution is -2.33. The van der Waals surface area contributed by atoms with Crippen LogP contribution in [0.3, 0.4) is 0 Å². The maximum Gasteiger partial charge on any atom is 0.275 e. The first-order valence-electron chi connectivity index (χ1n) is 6.50. The number of hydrazine groups is 1. The van der Waals surface area contributed by atoms with Crippen LogP contribution in [-0.4, -0.2) is 26.9 Å². The number of carbonyl (C=O) groups is 1. The SMILES string of the molecule is Cc1sc(C(=O)NN)cc1CN1CCn2ccnc2C1. The zero-order chi connectivity index (χ0) is 14.1. The van der Waals surface area contributed by atoms with E-state index in [-0.39, 0.29) is 5.91 Å². The molecule has 0 bridgehead atoms. The van der Waals surface area contributed by atoms with Crippen molar-refractivity contribution in [2.75, 3.05) is 6.54 Å². The first-order valence-corrected chi connectivity index (χ1v) is 7.31. The van der Waals surface area contributed by atoms with Gasteiger partial charge in [0, 0.05) is 36.9 Å². The molecule has 0 radical (unpaired) electrons. The van der Waals surface area contributed by atoms with Gasteiger partial charge in [-0.25, -0.2) is 10.8 Å². The van der Waals surface area contributed by atoms with Crippen molar-refractivity contribution in [2.24, 2.45) is 5.84 Å². The van der Waals surface area contributed by atoms with Gasteiger partial charge in [-0.05, 0) is 18.6 Å². The van der Waals surface area contributed by atoms with Gasteiger partial charge in [-0.1, -0.05) is 0 Å². The van der Waals surface area contributed by atoms with E-state index < -0.39 is 0 Å². The molecule has 3 heterocycles. The summed E-state index contributed by atoms with van der Waals surface area (Å²) in [5.41, 5.74) is 3.37. The third kappa shape index (κ3) is 2.47. The van der Waals surface area contributed by atoms with Crippen LogP contribution >= 0.6 is 11.3 Å². The summed E-state index contributed by atoms with van der Waals surface area (Å²) in [4.78, 5) is 20.1. The number of hydrogen-bond donors (Lipinski definition) is 2. The summed E-state index contributed by atoms with van der Waals surface area (Å²) in [7, 11) is 0. The number of rotatable bonds is 3. The Labute approximate surface area is 121 Å². The maximum absolute atomic E-state index is 11.5. The van der Waals surface area contributed by atoms with Crippen LogP contribution in [0.1, 0.15) is 25.9 Å². The lowest BCUT2D eigenvalue weighted by Gasteiger charge is -2.27. The second-order valence-electron chi connectivity index (χ2n) is 4.91. The molecule has 2 aromatic heterocycles. The summed E-state index contributed by atoms with van der Waals surface area (Å²) in [6.07, 6.45) is 3.87. The summed E-state index contributed by atoms with van der Waals surface area (Å²) in [6, 6.07) is 1.93. The minimum atomic E-state index is -0.224. The van der Waals surface area contributed by atoms with Crippen LogP contribution in [0.2, 0.25) is 0 Å². The Bertz CT molecular complexity index is 632. The molecular formula is C13H17N5OS. The largest absolute Gasteiger partial charge is 0.333 e. The highest BCUT2D eigenvalue weighted by molar-refractivity contribution is 7.14. The van der Waals surface area contributed by atoms with Crippen LogP contribution in [0.5, 0.6) is 0 Å². The molecule has 106 valence electrons. The molecule has 0 saturated carbocycles. The standard InChI is InChI=1S/C13H17N5OS/c1-9-10(6-11(20-9)13(19)16-14)7-17-4-5-18-3-2-15-12(18)8-17/h2-3,6H,4-5,7-8,14H2,1H3,(H,16,19). The Balaban J connectivity index is 1.73. The molecule has 3 N–H and O–H groups in total. The second kappa shape index (κ2) is 5.35. The van der Waals surface area contributed by atoms with Gasteiger partial charge in [-0.3, -0.25) is 15.1 Å². The van der Waals surface area contributed by atoms with Crippen LogP contribution < -0.4 is 11.3 Å². The first kappa shape index (κ1) is 13.3. The van der Waals surface area contributed by atoms with Gasteiger partial charge in [0.15, 0.2) is 0 Å². The van der Waals surface area contributed by atoms with E-state index in [1.165, 1.54) is 16.9 Å². The normalized spacial score (nSPS) is 15.1. The molecule has 0 fully saturated rings. The predicted molar refractivity (Wildman–Crippen MR) is 77.1 cm³/mol. The molecule has 3 rings (SSSR count). The fraction of sp³-hybridized carbons (Fsp3) is 0.385. The average Bonchev–Trinajstić information content (AvgIpc) is 3.05. The third-order valence-corrected chi connectivity index (χ3v) is 4.68.